The van der Waals surface area contributed by atoms with Crippen LogP contribution in [-0.4, -0.2) is 61.9 Å². The smallest absolute Gasteiger partial charge is 0.250 e. The summed E-state index contributed by atoms with van der Waals surface area (Å²) in [6, 6.07) is 15.8. The van der Waals surface area contributed by atoms with Gasteiger partial charge in [0.1, 0.15) is 0 Å². The molecule has 0 aliphatic carbocycles. The lowest BCUT2D eigenvalue weighted by atomic mass is 10.2. The molecular formula is C21H24N4O3S2. The van der Waals surface area contributed by atoms with Crippen LogP contribution in [0.25, 0.3) is 6.08 Å². The number of rotatable bonds is 5. The number of hydrogen-bond acceptors (Lipinski definition) is 5. The molecule has 158 valence electrons. The van der Waals surface area contributed by atoms with Gasteiger partial charge in [-0.1, -0.05) is 30.3 Å². The third-order valence-corrected chi connectivity index (χ3v) is 6.79. The minimum Gasteiger partial charge on any atom is -0.332 e. The van der Waals surface area contributed by atoms with E-state index in [1.165, 1.54) is 22.5 Å². The minimum atomic E-state index is -3.52. The normalized spacial score (nSPS) is 15.8. The monoisotopic (exact) mass is 444 g/mol. The molecule has 3 rings (SSSR count). The summed E-state index contributed by atoms with van der Waals surface area (Å²) in [5, 5.41) is 5.58. The van der Waals surface area contributed by atoms with E-state index < -0.39 is 10.0 Å². The highest BCUT2D eigenvalue weighted by Gasteiger charge is 2.27. The van der Waals surface area contributed by atoms with E-state index in [1.54, 1.807) is 18.2 Å². The molecule has 1 saturated heterocycles. The van der Waals surface area contributed by atoms with E-state index in [2.05, 4.69) is 15.5 Å². The molecule has 30 heavy (non-hydrogen) atoms. The predicted molar refractivity (Wildman–Crippen MR) is 123 cm³/mol. The van der Waals surface area contributed by atoms with Crippen LogP contribution in [0.15, 0.2) is 65.6 Å². The Morgan fingerprint density at radius 1 is 1.00 bits per heavy atom. The van der Waals surface area contributed by atoms with E-state index in [-0.39, 0.29) is 15.9 Å². The number of carbonyl (C=O) groups is 1. The second kappa shape index (κ2) is 9.94. The zero-order valence-electron chi connectivity index (χ0n) is 16.6. The van der Waals surface area contributed by atoms with Crippen molar-refractivity contribution in [2.75, 3.05) is 38.5 Å². The zero-order chi connectivity index (χ0) is 21.6. The molecule has 1 aliphatic rings. The fourth-order valence-electron chi connectivity index (χ4n) is 2.94. The van der Waals surface area contributed by atoms with E-state index in [0.717, 1.165) is 5.56 Å². The molecule has 1 heterocycles. The molecule has 2 aromatic rings. The van der Waals surface area contributed by atoms with Crippen molar-refractivity contribution < 1.29 is 13.2 Å². The molecule has 0 saturated carbocycles. The van der Waals surface area contributed by atoms with Gasteiger partial charge in [0.2, 0.25) is 15.9 Å². The van der Waals surface area contributed by atoms with Gasteiger partial charge in [-0.2, -0.15) is 4.31 Å². The highest BCUT2D eigenvalue weighted by molar-refractivity contribution is 7.89. The Kier molecular flexibility index (Phi) is 7.33. The zero-order valence-corrected chi connectivity index (χ0v) is 18.2. The molecule has 0 aromatic heterocycles. The van der Waals surface area contributed by atoms with Gasteiger partial charge in [-0.25, -0.2) is 8.42 Å². The highest BCUT2D eigenvalue weighted by atomic mass is 32.2. The molecule has 1 aliphatic heterocycles. The van der Waals surface area contributed by atoms with Crippen LogP contribution in [0.3, 0.4) is 0 Å². The molecule has 0 spiro atoms. The molecule has 1 amide bonds. The lowest BCUT2D eigenvalue weighted by molar-refractivity contribution is -0.115. The number of anilines is 1. The van der Waals surface area contributed by atoms with Crippen LogP contribution in [0.5, 0.6) is 0 Å². The van der Waals surface area contributed by atoms with Gasteiger partial charge in [-0.3, -0.25) is 10.1 Å². The van der Waals surface area contributed by atoms with Crippen LogP contribution >= 0.6 is 12.2 Å². The Balaban J connectivity index is 1.55. The van der Waals surface area contributed by atoms with E-state index in [4.69, 9.17) is 12.2 Å². The lowest BCUT2D eigenvalue weighted by Gasteiger charge is -2.31. The first-order valence-corrected chi connectivity index (χ1v) is 11.3. The van der Waals surface area contributed by atoms with Crippen LogP contribution in [0.1, 0.15) is 5.56 Å². The topological polar surface area (TPSA) is 81.8 Å². The van der Waals surface area contributed by atoms with Gasteiger partial charge in [0.25, 0.3) is 0 Å². The maximum atomic E-state index is 12.8. The van der Waals surface area contributed by atoms with E-state index in [0.29, 0.717) is 31.9 Å². The molecule has 0 radical (unpaired) electrons. The molecule has 1 fully saturated rings. The molecule has 0 bridgehead atoms. The van der Waals surface area contributed by atoms with Crippen molar-refractivity contribution in [3.63, 3.8) is 0 Å². The van der Waals surface area contributed by atoms with E-state index in [1.807, 2.05) is 37.4 Å². The van der Waals surface area contributed by atoms with Gasteiger partial charge < -0.3 is 10.2 Å². The summed E-state index contributed by atoms with van der Waals surface area (Å²) in [7, 11) is -1.54. The van der Waals surface area contributed by atoms with E-state index in [9.17, 15) is 13.2 Å². The first-order chi connectivity index (χ1) is 14.3. The quantitative estimate of drug-likeness (QED) is 0.543. The Morgan fingerprint density at radius 3 is 2.27 bits per heavy atom. The molecule has 9 heteroatoms. The molecule has 2 aromatic carbocycles. The summed E-state index contributed by atoms with van der Waals surface area (Å²) in [5.41, 5.74) is 1.49. The Bertz CT molecular complexity index is 1010. The number of thiocarbonyl (C=S) groups is 1. The summed E-state index contributed by atoms with van der Waals surface area (Å²) in [6.45, 7) is 2.38. The maximum Gasteiger partial charge on any atom is 0.250 e. The fourth-order valence-corrected chi connectivity index (χ4v) is 4.58. The SMILES string of the molecule is CN1CCN(S(=O)(=O)c2ccc(NC(=S)NC(=O)C=Cc3ccccc3)cc2)CC1. The molecular weight excluding hydrogens is 420 g/mol. The predicted octanol–water partition coefficient (Wildman–Crippen LogP) is 2.15. The average Bonchev–Trinajstić information content (AvgIpc) is 2.73. The van der Waals surface area contributed by atoms with Gasteiger partial charge in [0.15, 0.2) is 5.11 Å². The van der Waals surface area contributed by atoms with Gasteiger partial charge in [0.05, 0.1) is 4.90 Å². The minimum absolute atomic E-state index is 0.132. The number of piperazine rings is 1. The van der Waals surface area contributed by atoms with Gasteiger partial charge in [-0.05, 0) is 55.2 Å². The van der Waals surface area contributed by atoms with Crippen LogP contribution in [0.2, 0.25) is 0 Å². The molecule has 2 N–H and O–H groups in total. The highest BCUT2D eigenvalue weighted by Crippen LogP contribution is 2.19. The Hall–Kier alpha value is -2.59. The average molecular weight is 445 g/mol. The fraction of sp³-hybridized carbons (Fsp3) is 0.238. The number of benzene rings is 2. The van der Waals surface area contributed by atoms with Crippen molar-refractivity contribution in [3.05, 3.63) is 66.2 Å². The van der Waals surface area contributed by atoms with Gasteiger partial charge in [-0.15, -0.1) is 0 Å². The second-order valence-electron chi connectivity index (χ2n) is 6.92. The summed E-state index contributed by atoms with van der Waals surface area (Å²) in [4.78, 5) is 14.3. The number of hydrogen-bond donors (Lipinski definition) is 2. The van der Waals surface area contributed by atoms with Crippen molar-refractivity contribution in [1.82, 2.24) is 14.5 Å². The maximum absolute atomic E-state index is 12.8. The molecule has 0 atom stereocenters. The standard InChI is InChI=1S/C21H24N4O3S2/c1-24-13-15-25(16-14-24)30(27,28)19-10-8-18(9-11-19)22-21(29)23-20(26)12-7-17-5-3-2-4-6-17/h2-12H,13-16H2,1H3,(H2,22,23,26,29). The first-order valence-electron chi connectivity index (χ1n) is 9.48. The van der Waals surface area contributed by atoms with Crippen molar-refractivity contribution in [2.45, 2.75) is 4.90 Å². The number of nitrogens with one attached hydrogen (secondary N) is 2. The number of sulfonamides is 1. The van der Waals surface area contributed by atoms with Crippen molar-refractivity contribution in [1.29, 1.82) is 0 Å². The summed E-state index contributed by atoms with van der Waals surface area (Å²) in [5.74, 6) is -0.356. The largest absolute Gasteiger partial charge is 0.332 e. The number of carbonyl (C=O) groups excluding carboxylic acids is 1. The van der Waals surface area contributed by atoms with Crippen LogP contribution in [-0.2, 0) is 14.8 Å². The summed E-state index contributed by atoms with van der Waals surface area (Å²) >= 11 is 5.15. The Morgan fingerprint density at radius 2 is 1.63 bits per heavy atom. The van der Waals surface area contributed by atoms with Crippen LogP contribution in [0.4, 0.5) is 5.69 Å². The van der Waals surface area contributed by atoms with Crippen molar-refractivity contribution >= 4 is 45.0 Å². The number of likely N-dealkylation sites (N-methyl/N-ethyl adjacent to an activating group) is 1. The van der Waals surface area contributed by atoms with E-state index >= 15 is 0 Å². The van der Waals surface area contributed by atoms with Crippen molar-refractivity contribution in [3.8, 4) is 0 Å². The third kappa shape index (κ3) is 5.96. The van der Waals surface area contributed by atoms with Crippen LogP contribution in [0, 0.1) is 0 Å². The lowest BCUT2D eigenvalue weighted by Crippen LogP contribution is -2.46. The van der Waals surface area contributed by atoms with Crippen molar-refractivity contribution in [2.24, 2.45) is 0 Å². The van der Waals surface area contributed by atoms with Crippen LogP contribution < -0.4 is 10.6 Å². The first kappa shape index (κ1) is 22.1. The summed E-state index contributed by atoms with van der Waals surface area (Å²) in [6.07, 6.45) is 3.09. The third-order valence-electron chi connectivity index (χ3n) is 4.68. The number of amides is 1. The number of nitrogens with zero attached hydrogens (tertiary/aromatic N) is 2. The van der Waals surface area contributed by atoms with Gasteiger partial charge >= 0.3 is 0 Å². The second-order valence-corrected chi connectivity index (χ2v) is 9.27. The molecule has 7 nitrogen and oxygen atoms in total. The summed E-state index contributed by atoms with van der Waals surface area (Å²) < 4.78 is 27.0. The van der Waals surface area contributed by atoms with Gasteiger partial charge in [0, 0.05) is 37.9 Å². The molecule has 0 unspecified atom stereocenters. The Labute approximate surface area is 182 Å².